The van der Waals surface area contributed by atoms with Gasteiger partial charge in [0.25, 0.3) is 11.8 Å². The number of hydrogen-bond donors (Lipinski definition) is 1. The van der Waals surface area contributed by atoms with Crippen LogP contribution in [0.15, 0.2) is 42.0 Å². The van der Waals surface area contributed by atoms with Crippen molar-refractivity contribution in [1.82, 2.24) is 5.43 Å². The van der Waals surface area contributed by atoms with Crippen molar-refractivity contribution in [1.29, 1.82) is 0 Å². The van der Waals surface area contributed by atoms with Gasteiger partial charge >= 0.3 is 0 Å². The number of ether oxygens (including phenoxy) is 2. The second-order valence-corrected chi connectivity index (χ2v) is 7.19. The first-order chi connectivity index (χ1) is 12.9. The highest BCUT2D eigenvalue weighted by Crippen LogP contribution is 2.35. The minimum absolute atomic E-state index is 0.0263. The summed E-state index contributed by atoms with van der Waals surface area (Å²) >= 11 is 8.10. The van der Waals surface area contributed by atoms with E-state index in [0.717, 1.165) is 3.57 Å². The Balaban J connectivity index is 1.97. The fourth-order valence-electron chi connectivity index (χ4n) is 2.65. The molecule has 0 saturated carbocycles. The molecule has 3 rings (SSSR count). The molecule has 0 atom stereocenters. The first kappa shape index (κ1) is 19.5. The zero-order chi connectivity index (χ0) is 19.6. The van der Waals surface area contributed by atoms with Crippen LogP contribution in [0, 0.1) is 3.57 Å². The molecule has 6 nitrogen and oxygen atoms in total. The summed E-state index contributed by atoms with van der Waals surface area (Å²) in [5, 5.41) is 1.65. The molecule has 1 aliphatic rings. The minimum atomic E-state index is -0.483. The predicted molar refractivity (Wildman–Crippen MR) is 112 cm³/mol. The third-order valence-corrected chi connectivity index (χ3v) is 4.84. The van der Waals surface area contributed by atoms with E-state index in [1.54, 1.807) is 37.4 Å². The number of carbonyl (C=O) groups is 2. The molecule has 1 N–H and O–H groups in total. The van der Waals surface area contributed by atoms with Gasteiger partial charge in [0, 0.05) is 5.02 Å². The number of hydrogen-bond acceptors (Lipinski definition) is 4. The van der Waals surface area contributed by atoms with Crippen LogP contribution in [-0.4, -0.2) is 25.5 Å². The Labute approximate surface area is 175 Å². The standard InChI is InChI=1S/C19H16ClIN2O4/c1-3-27-16-9-11(8-15(21)17(16)26-2)7-14-18(24)22-23(19(14)25)13-6-4-5-12(20)10-13/h4-10H,3H2,1-2H3,(H,22,24)/b14-7+. The van der Waals surface area contributed by atoms with E-state index in [-0.39, 0.29) is 5.57 Å². The highest BCUT2D eigenvalue weighted by atomic mass is 127. The lowest BCUT2D eigenvalue weighted by Crippen LogP contribution is -2.35. The molecular weight excluding hydrogens is 483 g/mol. The van der Waals surface area contributed by atoms with Crippen molar-refractivity contribution in [3.8, 4) is 11.5 Å². The number of anilines is 1. The number of hydrazine groups is 1. The first-order valence-electron chi connectivity index (χ1n) is 8.07. The molecule has 8 heteroatoms. The molecule has 1 heterocycles. The summed E-state index contributed by atoms with van der Waals surface area (Å²) in [7, 11) is 1.56. The van der Waals surface area contributed by atoms with Gasteiger partial charge in [-0.2, -0.15) is 0 Å². The summed E-state index contributed by atoms with van der Waals surface area (Å²) < 4.78 is 11.8. The van der Waals surface area contributed by atoms with Gasteiger partial charge in [-0.1, -0.05) is 17.7 Å². The van der Waals surface area contributed by atoms with E-state index < -0.39 is 11.8 Å². The van der Waals surface area contributed by atoms with Crippen molar-refractivity contribution < 1.29 is 19.1 Å². The Morgan fingerprint density at radius 3 is 2.70 bits per heavy atom. The van der Waals surface area contributed by atoms with Crippen molar-refractivity contribution in [2.45, 2.75) is 6.92 Å². The van der Waals surface area contributed by atoms with Crippen LogP contribution in [0.1, 0.15) is 12.5 Å². The van der Waals surface area contributed by atoms with Crippen LogP contribution < -0.4 is 19.9 Å². The summed E-state index contributed by atoms with van der Waals surface area (Å²) in [6.07, 6.45) is 1.53. The molecule has 1 fully saturated rings. The molecule has 0 bridgehead atoms. The number of methoxy groups -OCH3 is 1. The van der Waals surface area contributed by atoms with Crippen LogP contribution in [0.4, 0.5) is 5.69 Å². The van der Waals surface area contributed by atoms with Gasteiger partial charge in [0.1, 0.15) is 5.57 Å². The molecule has 0 unspecified atom stereocenters. The van der Waals surface area contributed by atoms with Crippen LogP contribution in [0.25, 0.3) is 6.08 Å². The third kappa shape index (κ3) is 4.03. The molecule has 2 amide bonds. The molecule has 2 aromatic carbocycles. The summed E-state index contributed by atoms with van der Waals surface area (Å²) in [6, 6.07) is 10.2. The monoisotopic (exact) mass is 498 g/mol. The van der Waals surface area contributed by atoms with Crippen LogP contribution >= 0.6 is 34.2 Å². The molecule has 0 aliphatic carbocycles. The zero-order valence-electron chi connectivity index (χ0n) is 14.6. The number of rotatable bonds is 5. The maximum absolute atomic E-state index is 12.7. The van der Waals surface area contributed by atoms with E-state index >= 15 is 0 Å². The number of nitrogens with zero attached hydrogens (tertiary/aromatic N) is 1. The van der Waals surface area contributed by atoms with Crippen LogP contribution in [0.2, 0.25) is 5.02 Å². The number of nitrogens with one attached hydrogen (secondary N) is 1. The normalized spacial score (nSPS) is 15.3. The lowest BCUT2D eigenvalue weighted by atomic mass is 10.1. The van der Waals surface area contributed by atoms with Crippen molar-refractivity contribution >= 4 is 57.8 Å². The van der Waals surface area contributed by atoms with E-state index in [1.165, 1.54) is 11.1 Å². The van der Waals surface area contributed by atoms with Gasteiger partial charge in [-0.15, -0.1) is 0 Å². The van der Waals surface area contributed by atoms with E-state index in [1.807, 2.05) is 13.0 Å². The maximum atomic E-state index is 12.7. The Kier molecular flexibility index (Phi) is 5.91. The smallest absolute Gasteiger partial charge is 0.282 e. The van der Waals surface area contributed by atoms with Gasteiger partial charge in [-0.25, -0.2) is 5.01 Å². The summed E-state index contributed by atoms with van der Waals surface area (Å²) in [5.41, 5.74) is 3.73. The predicted octanol–water partition coefficient (Wildman–Crippen LogP) is 3.81. The van der Waals surface area contributed by atoms with Gasteiger partial charge in [0.05, 0.1) is 23.0 Å². The Hall–Kier alpha value is -2.26. The second-order valence-electron chi connectivity index (χ2n) is 5.59. The molecule has 0 spiro atoms. The molecule has 140 valence electrons. The lowest BCUT2D eigenvalue weighted by molar-refractivity contribution is -0.117. The maximum Gasteiger partial charge on any atom is 0.282 e. The van der Waals surface area contributed by atoms with E-state index in [4.69, 9.17) is 21.1 Å². The van der Waals surface area contributed by atoms with E-state index in [2.05, 4.69) is 28.0 Å². The lowest BCUT2D eigenvalue weighted by Gasteiger charge is -2.14. The summed E-state index contributed by atoms with van der Waals surface area (Å²) in [4.78, 5) is 25.1. The average Bonchev–Trinajstić information content (AvgIpc) is 2.90. The molecule has 0 aromatic heterocycles. The Morgan fingerprint density at radius 2 is 2.04 bits per heavy atom. The highest BCUT2D eigenvalue weighted by Gasteiger charge is 2.34. The largest absolute Gasteiger partial charge is 0.492 e. The van der Waals surface area contributed by atoms with Gasteiger partial charge in [-0.3, -0.25) is 15.0 Å². The quantitative estimate of drug-likeness (QED) is 0.387. The number of benzene rings is 2. The SMILES string of the molecule is CCOc1cc(/C=C2\C(=O)NN(c3cccc(Cl)c3)C2=O)cc(I)c1OC. The van der Waals surface area contributed by atoms with Gasteiger partial charge in [-0.05, 0) is 71.5 Å². The van der Waals surface area contributed by atoms with Crippen molar-refractivity contribution in [3.63, 3.8) is 0 Å². The van der Waals surface area contributed by atoms with E-state index in [9.17, 15) is 9.59 Å². The molecular formula is C19H16ClIN2O4. The molecule has 27 heavy (non-hydrogen) atoms. The summed E-state index contributed by atoms with van der Waals surface area (Å²) in [6.45, 7) is 2.34. The minimum Gasteiger partial charge on any atom is -0.492 e. The van der Waals surface area contributed by atoms with E-state index in [0.29, 0.717) is 34.4 Å². The molecule has 0 radical (unpaired) electrons. The molecule has 1 aliphatic heterocycles. The van der Waals surface area contributed by atoms with Gasteiger partial charge < -0.3 is 9.47 Å². The first-order valence-corrected chi connectivity index (χ1v) is 9.53. The van der Waals surface area contributed by atoms with Crippen LogP contribution in [0.3, 0.4) is 0 Å². The van der Waals surface area contributed by atoms with Gasteiger partial charge in [0.15, 0.2) is 11.5 Å². The molecule has 2 aromatic rings. The fourth-order valence-corrected chi connectivity index (χ4v) is 3.68. The van der Waals surface area contributed by atoms with Crippen LogP contribution in [0.5, 0.6) is 11.5 Å². The second kappa shape index (κ2) is 8.18. The van der Waals surface area contributed by atoms with Crippen molar-refractivity contribution in [2.75, 3.05) is 18.7 Å². The Bertz CT molecular complexity index is 945. The fraction of sp³-hybridized carbons (Fsp3) is 0.158. The molecule has 1 saturated heterocycles. The third-order valence-electron chi connectivity index (χ3n) is 3.80. The van der Waals surface area contributed by atoms with Crippen molar-refractivity contribution in [3.05, 3.63) is 56.1 Å². The number of carbonyl (C=O) groups excluding carboxylic acids is 2. The zero-order valence-corrected chi connectivity index (χ0v) is 17.5. The average molecular weight is 499 g/mol. The number of halogens is 2. The van der Waals surface area contributed by atoms with Gasteiger partial charge in [0.2, 0.25) is 0 Å². The summed E-state index contributed by atoms with van der Waals surface area (Å²) in [5.74, 6) is 0.230. The highest BCUT2D eigenvalue weighted by molar-refractivity contribution is 14.1. The Morgan fingerprint density at radius 1 is 1.26 bits per heavy atom. The van der Waals surface area contributed by atoms with Crippen LogP contribution in [-0.2, 0) is 9.59 Å². The topological polar surface area (TPSA) is 67.9 Å². The van der Waals surface area contributed by atoms with Crippen molar-refractivity contribution in [2.24, 2.45) is 0 Å². The number of amides is 2.